The van der Waals surface area contributed by atoms with Crippen LogP contribution in [0.15, 0.2) is 66.7 Å². The summed E-state index contributed by atoms with van der Waals surface area (Å²) >= 11 is 1.82. The summed E-state index contributed by atoms with van der Waals surface area (Å²) in [6, 6.07) is 23.9. The molecular formula is C28H28OS. The van der Waals surface area contributed by atoms with Gasteiger partial charge in [0.25, 0.3) is 0 Å². The first-order valence-corrected chi connectivity index (χ1v) is 11.8. The van der Waals surface area contributed by atoms with Crippen molar-refractivity contribution in [2.75, 3.05) is 0 Å². The number of aryl methyl sites for hydroxylation is 3. The third kappa shape index (κ3) is 4.15. The third-order valence-corrected chi connectivity index (χ3v) is 7.27. The summed E-state index contributed by atoms with van der Waals surface area (Å²) in [5.74, 6) is 2.91. The highest BCUT2D eigenvalue weighted by Gasteiger charge is 2.20. The van der Waals surface area contributed by atoms with Crippen LogP contribution < -0.4 is 4.74 Å². The summed E-state index contributed by atoms with van der Waals surface area (Å²) in [5, 5.41) is 1.19. The second-order valence-corrected chi connectivity index (χ2v) is 9.71. The average molecular weight is 413 g/mol. The number of benzene rings is 3. The molecule has 1 aromatic heterocycles. The van der Waals surface area contributed by atoms with Gasteiger partial charge in [0.15, 0.2) is 5.75 Å². The Morgan fingerprint density at radius 2 is 1.73 bits per heavy atom. The van der Waals surface area contributed by atoms with Gasteiger partial charge in [-0.25, -0.2) is 0 Å². The molecule has 0 saturated heterocycles. The lowest BCUT2D eigenvalue weighted by Crippen LogP contribution is -1.89. The molecule has 5 rings (SSSR count). The van der Waals surface area contributed by atoms with E-state index < -0.39 is 0 Å². The van der Waals surface area contributed by atoms with Crippen molar-refractivity contribution < 1.29 is 4.74 Å². The predicted molar refractivity (Wildman–Crippen MR) is 129 cm³/mol. The third-order valence-electron chi connectivity index (χ3n) is 6.11. The highest BCUT2D eigenvalue weighted by Crippen LogP contribution is 2.47. The summed E-state index contributed by atoms with van der Waals surface area (Å²) in [4.78, 5) is 1.21. The molecule has 1 aliphatic carbocycles. The number of ether oxygens (including phenoxy) is 1. The molecule has 1 saturated carbocycles. The summed E-state index contributed by atoms with van der Waals surface area (Å²) in [6.07, 6.45) is 6.76. The van der Waals surface area contributed by atoms with Crippen molar-refractivity contribution in [3.05, 3.63) is 83.4 Å². The molecule has 0 atom stereocenters. The zero-order chi connectivity index (χ0) is 20.5. The smallest absolute Gasteiger partial charge is 0.153 e. The van der Waals surface area contributed by atoms with Gasteiger partial charge in [0, 0.05) is 10.1 Å². The van der Waals surface area contributed by atoms with Crippen molar-refractivity contribution in [2.24, 2.45) is 5.92 Å². The van der Waals surface area contributed by atoms with E-state index in [1.807, 2.05) is 11.3 Å². The Labute approximate surface area is 183 Å². The fourth-order valence-corrected chi connectivity index (χ4v) is 5.45. The minimum atomic E-state index is 0.913. The molecule has 1 aliphatic rings. The van der Waals surface area contributed by atoms with Gasteiger partial charge < -0.3 is 4.74 Å². The fraction of sp³-hybridized carbons (Fsp3) is 0.286. The Bertz CT molecular complexity index is 1170. The second kappa shape index (κ2) is 8.28. The Hall–Kier alpha value is -2.58. The highest BCUT2D eigenvalue weighted by molar-refractivity contribution is 7.22. The normalized spacial score (nSPS) is 13.7. The minimum absolute atomic E-state index is 0.913. The maximum atomic E-state index is 6.53. The molecule has 2 heteroatoms. The van der Waals surface area contributed by atoms with Gasteiger partial charge in [-0.1, -0.05) is 61.7 Å². The van der Waals surface area contributed by atoms with E-state index in [-0.39, 0.29) is 0 Å². The van der Waals surface area contributed by atoms with Crippen LogP contribution in [0.25, 0.3) is 20.5 Å². The summed E-state index contributed by atoms with van der Waals surface area (Å²) < 4.78 is 7.81. The number of hydrogen-bond acceptors (Lipinski definition) is 2. The lowest BCUT2D eigenvalue weighted by atomic mass is 10.1. The van der Waals surface area contributed by atoms with E-state index in [1.54, 1.807) is 0 Å². The first-order chi connectivity index (χ1) is 14.7. The van der Waals surface area contributed by atoms with Crippen LogP contribution in [0.4, 0.5) is 0 Å². The monoisotopic (exact) mass is 412 g/mol. The van der Waals surface area contributed by atoms with Gasteiger partial charge in [-0.15, -0.1) is 11.3 Å². The van der Waals surface area contributed by atoms with Gasteiger partial charge in [0.2, 0.25) is 0 Å². The molecule has 30 heavy (non-hydrogen) atoms. The van der Waals surface area contributed by atoms with Crippen molar-refractivity contribution in [1.29, 1.82) is 0 Å². The van der Waals surface area contributed by atoms with Crippen molar-refractivity contribution in [1.82, 2.24) is 0 Å². The van der Waals surface area contributed by atoms with E-state index in [4.69, 9.17) is 4.74 Å². The van der Waals surface area contributed by atoms with Gasteiger partial charge in [-0.3, -0.25) is 0 Å². The largest absolute Gasteiger partial charge is 0.455 e. The van der Waals surface area contributed by atoms with Crippen molar-refractivity contribution >= 4 is 21.4 Å². The first-order valence-electron chi connectivity index (χ1n) is 11.0. The second-order valence-electron chi connectivity index (χ2n) is 8.66. The van der Waals surface area contributed by atoms with E-state index in [9.17, 15) is 0 Å². The molecule has 152 valence electrons. The van der Waals surface area contributed by atoms with E-state index in [2.05, 4.69) is 80.6 Å². The maximum Gasteiger partial charge on any atom is 0.153 e. The van der Waals surface area contributed by atoms with Crippen LogP contribution in [0.5, 0.6) is 11.5 Å². The maximum absolute atomic E-state index is 6.53. The van der Waals surface area contributed by atoms with Crippen LogP contribution in [0.3, 0.4) is 0 Å². The quantitative estimate of drug-likeness (QED) is 0.295. The summed E-state index contributed by atoms with van der Waals surface area (Å²) in [6.45, 7) is 4.32. The van der Waals surface area contributed by atoms with Crippen molar-refractivity contribution in [2.45, 2.75) is 46.0 Å². The first kappa shape index (κ1) is 19.4. The van der Waals surface area contributed by atoms with Gasteiger partial charge >= 0.3 is 0 Å². The number of fused-ring (bicyclic) bond motifs is 1. The average Bonchev–Trinajstić information content (AvgIpc) is 3.51. The van der Waals surface area contributed by atoms with Crippen LogP contribution in [-0.2, 0) is 6.42 Å². The van der Waals surface area contributed by atoms with Crippen molar-refractivity contribution in [3.8, 4) is 21.9 Å². The van der Waals surface area contributed by atoms with E-state index in [1.165, 1.54) is 69.3 Å². The Kier molecular flexibility index (Phi) is 5.35. The molecule has 1 nitrogen and oxygen atoms in total. The molecule has 3 aromatic carbocycles. The van der Waals surface area contributed by atoms with Crippen molar-refractivity contribution in [3.63, 3.8) is 0 Å². The zero-order valence-electron chi connectivity index (χ0n) is 17.8. The Balaban J connectivity index is 1.45. The SMILES string of the molecule is Cc1ccc2c(Oc3ccc(CCCC4CC4)cc3)c(-c3ccccc3C)sc2c1. The lowest BCUT2D eigenvalue weighted by Gasteiger charge is -2.10. The summed E-state index contributed by atoms with van der Waals surface area (Å²) in [7, 11) is 0. The molecule has 0 radical (unpaired) electrons. The molecule has 0 bridgehead atoms. The van der Waals surface area contributed by atoms with Crippen LogP contribution in [-0.4, -0.2) is 0 Å². The number of thiophene rings is 1. The molecule has 0 spiro atoms. The van der Waals surface area contributed by atoms with E-state index in [0.717, 1.165) is 17.4 Å². The fourth-order valence-electron chi connectivity index (χ4n) is 4.13. The Morgan fingerprint density at radius 1 is 0.933 bits per heavy atom. The molecular weight excluding hydrogens is 384 g/mol. The van der Waals surface area contributed by atoms with Crippen LogP contribution in [0.1, 0.15) is 42.4 Å². The molecule has 0 aliphatic heterocycles. The van der Waals surface area contributed by atoms with Gasteiger partial charge in [0.1, 0.15) is 5.75 Å². The number of rotatable bonds is 7. The predicted octanol–water partition coefficient (Wildman–Crippen LogP) is 8.71. The molecule has 0 unspecified atom stereocenters. The van der Waals surface area contributed by atoms with Crippen LogP contribution >= 0.6 is 11.3 Å². The lowest BCUT2D eigenvalue weighted by molar-refractivity contribution is 0.491. The zero-order valence-corrected chi connectivity index (χ0v) is 18.6. The van der Waals surface area contributed by atoms with Gasteiger partial charge in [0.05, 0.1) is 4.88 Å². The molecule has 4 aromatic rings. The molecule has 0 amide bonds. The van der Waals surface area contributed by atoms with Gasteiger partial charge in [-0.05, 0) is 79.1 Å². The highest BCUT2D eigenvalue weighted by atomic mass is 32.1. The summed E-state index contributed by atoms with van der Waals surface area (Å²) in [5.41, 5.74) is 5.22. The Morgan fingerprint density at radius 3 is 2.50 bits per heavy atom. The molecule has 1 heterocycles. The number of hydrogen-bond donors (Lipinski definition) is 0. The molecule has 1 fully saturated rings. The van der Waals surface area contributed by atoms with Crippen LogP contribution in [0.2, 0.25) is 0 Å². The van der Waals surface area contributed by atoms with E-state index in [0.29, 0.717) is 0 Å². The van der Waals surface area contributed by atoms with E-state index >= 15 is 0 Å². The van der Waals surface area contributed by atoms with Gasteiger partial charge in [-0.2, -0.15) is 0 Å². The standard InChI is InChI=1S/C28H28OS/c1-19-10-17-25-26(18-19)30-28(24-9-4-3-6-20(24)2)27(25)29-23-15-13-22(14-16-23)8-5-7-21-11-12-21/h3-4,6,9-10,13-18,21H,5,7-8,11-12H2,1-2H3. The minimum Gasteiger partial charge on any atom is -0.455 e. The topological polar surface area (TPSA) is 9.23 Å². The molecule has 0 N–H and O–H groups in total. The van der Waals surface area contributed by atoms with Crippen LogP contribution in [0, 0.1) is 19.8 Å².